The third kappa shape index (κ3) is 4.56. The molecule has 0 saturated carbocycles. The zero-order valence-electron chi connectivity index (χ0n) is 21.1. The van der Waals surface area contributed by atoms with Crippen LogP contribution >= 0.6 is 0 Å². The molecular weight excluding hydrogens is 470 g/mol. The zero-order valence-corrected chi connectivity index (χ0v) is 21.1. The highest BCUT2D eigenvalue weighted by Gasteiger charge is 2.19. The molecule has 7 nitrogen and oxygen atoms in total. The second kappa shape index (κ2) is 9.85. The molecule has 0 bridgehead atoms. The molecule has 7 heteroatoms. The van der Waals surface area contributed by atoms with Crippen molar-refractivity contribution in [3.63, 3.8) is 0 Å². The largest absolute Gasteiger partial charge is 0.493 e. The minimum absolute atomic E-state index is 0.0919. The topological polar surface area (TPSA) is 90.9 Å². The first-order valence-electron chi connectivity index (χ1n) is 11.9. The lowest BCUT2D eigenvalue weighted by Crippen LogP contribution is -2.27. The quantitative estimate of drug-likeness (QED) is 0.290. The maximum absolute atomic E-state index is 12.8. The van der Waals surface area contributed by atoms with Crippen molar-refractivity contribution in [1.29, 1.82) is 0 Å². The van der Waals surface area contributed by atoms with Gasteiger partial charge in [-0.05, 0) is 48.7 Å². The molecule has 0 spiro atoms. The maximum atomic E-state index is 12.8. The van der Waals surface area contributed by atoms with E-state index in [2.05, 4.69) is 5.32 Å². The summed E-state index contributed by atoms with van der Waals surface area (Å²) in [5, 5.41) is 4.57. The van der Waals surface area contributed by atoms with E-state index in [1.807, 2.05) is 56.3 Å². The highest BCUT2D eigenvalue weighted by atomic mass is 16.5. The molecule has 5 rings (SSSR count). The number of nitrogens with one attached hydrogen (secondary N) is 1. The fraction of sp³-hybridized carbons (Fsp3) is 0.200. The van der Waals surface area contributed by atoms with Crippen LogP contribution in [0.15, 0.2) is 74.3 Å². The van der Waals surface area contributed by atoms with Crippen molar-refractivity contribution >= 4 is 27.8 Å². The summed E-state index contributed by atoms with van der Waals surface area (Å²) in [4.78, 5) is 25.6. The van der Waals surface area contributed by atoms with Crippen LogP contribution in [0, 0.1) is 13.8 Å². The van der Waals surface area contributed by atoms with Crippen LogP contribution in [0.4, 0.5) is 0 Å². The van der Waals surface area contributed by atoms with E-state index < -0.39 is 5.63 Å². The molecule has 0 aliphatic carbocycles. The minimum Gasteiger partial charge on any atom is -0.493 e. The first-order chi connectivity index (χ1) is 17.9. The minimum atomic E-state index is -0.530. The molecule has 188 valence electrons. The van der Waals surface area contributed by atoms with Crippen LogP contribution in [0.3, 0.4) is 0 Å². The average Bonchev–Trinajstić information content (AvgIpc) is 3.23. The number of carbonyl (C=O) groups is 1. The molecule has 0 radical (unpaired) electrons. The van der Waals surface area contributed by atoms with Gasteiger partial charge in [0.15, 0.2) is 11.5 Å². The first-order valence-corrected chi connectivity index (χ1v) is 11.9. The Morgan fingerprint density at radius 3 is 2.32 bits per heavy atom. The zero-order chi connectivity index (χ0) is 26.1. The number of aryl methyl sites for hydroxylation is 2. The Morgan fingerprint density at radius 2 is 1.59 bits per heavy atom. The lowest BCUT2D eigenvalue weighted by Gasteiger charge is -2.11. The number of carbonyl (C=O) groups excluding carboxylic acids is 1. The molecule has 0 unspecified atom stereocenters. The van der Waals surface area contributed by atoms with Gasteiger partial charge in [0, 0.05) is 28.9 Å². The number of rotatable bonds is 7. The second-order valence-corrected chi connectivity index (χ2v) is 8.88. The second-order valence-electron chi connectivity index (χ2n) is 8.88. The lowest BCUT2D eigenvalue weighted by molar-refractivity contribution is -0.120. The van der Waals surface area contributed by atoms with Crippen molar-refractivity contribution in [2.75, 3.05) is 14.2 Å². The Bertz CT molecular complexity index is 1680. The number of fused-ring (bicyclic) bond motifs is 2. The normalized spacial score (nSPS) is 11.1. The van der Waals surface area contributed by atoms with Crippen LogP contribution in [0.1, 0.15) is 22.5 Å². The standard InChI is InChI=1S/C30H27NO6/c1-17-21-13-23-26(36-18(2)29(23)20-8-6-5-7-9-20)15-25(21)37-30(33)22(17)14-28(32)31-16-19-10-11-24(34-3)27(12-19)35-4/h5-13,15H,14,16H2,1-4H3,(H,31,32). The summed E-state index contributed by atoms with van der Waals surface area (Å²) >= 11 is 0. The molecule has 2 aromatic heterocycles. The molecular formula is C30H27NO6. The summed E-state index contributed by atoms with van der Waals surface area (Å²) in [5.41, 5.74) is 4.48. The average molecular weight is 498 g/mol. The number of amides is 1. The fourth-order valence-corrected chi connectivity index (χ4v) is 4.68. The van der Waals surface area contributed by atoms with E-state index in [9.17, 15) is 9.59 Å². The van der Waals surface area contributed by atoms with Crippen LogP contribution in [0.5, 0.6) is 11.5 Å². The molecule has 3 aromatic carbocycles. The molecule has 0 atom stereocenters. The van der Waals surface area contributed by atoms with E-state index in [1.54, 1.807) is 32.4 Å². The third-order valence-electron chi connectivity index (χ3n) is 6.61. The summed E-state index contributed by atoms with van der Waals surface area (Å²) in [6.45, 7) is 4.05. The van der Waals surface area contributed by atoms with Gasteiger partial charge in [0.2, 0.25) is 5.91 Å². The highest BCUT2D eigenvalue weighted by Crippen LogP contribution is 2.37. The SMILES string of the molecule is COc1ccc(CNC(=O)Cc2c(C)c3cc4c(-c5ccccc5)c(C)oc4cc3oc2=O)cc1OC. The van der Waals surface area contributed by atoms with Gasteiger partial charge in [0.1, 0.15) is 16.9 Å². The van der Waals surface area contributed by atoms with E-state index in [1.165, 1.54) is 0 Å². The van der Waals surface area contributed by atoms with Crippen molar-refractivity contribution in [3.8, 4) is 22.6 Å². The van der Waals surface area contributed by atoms with E-state index in [0.717, 1.165) is 33.2 Å². The Hall–Kier alpha value is -4.52. The van der Waals surface area contributed by atoms with Crippen molar-refractivity contribution in [1.82, 2.24) is 5.32 Å². The van der Waals surface area contributed by atoms with Gasteiger partial charge in [-0.15, -0.1) is 0 Å². The summed E-state index contributed by atoms with van der Waals surface area (Å²) in [6.07, 6.45) is -0.0919. The van der Waals surface area contributed by atoms with Crippen molar-refractivity contribution in [2.24, 2.45) is 0 Å². The monoisotopic (exact) mass is 497 g/mol. The van der Waals surface area contributed by atoms with Gasteiger partial charge >= 0.3 is 5.63 Å². The predicted molar refractivity (Wildman–Crippen MR) is 142 cm³/mol. The van der Waals surface area contributed by atoms with Crippen molar-refractivity contribution in [3.05, 3.63) is 93.5 Å². The fourth-order valence-electron chi connectivity index (χ4n) is 4.68. The first kappa shape index (κ1) is 24.2. The Balaban J connectivity index is 1.45. The molecule has 0 aliphatic heterocycles. The molecule has 0 fully saturated rings. The molecule has 0 aliphatic rings. The lowest BCUT2D eigenvalue weighted by atomic mass is 9.98. The number of methoxy groups -OCH3 is 2. The predicted octanol–water partition coefficient (Wildman–Crippen LogP) is 5.70. The molecule has 1 N–H and O–H groups in total. The Labute approximate surface area is 213 Å². The van der Waals surface area contributed by atoms with Crippen LogP contribution < -0.4 is 20.4 Å². The van der Waals surface area contributed by atoms with Crippen LogP contribution in [0.25, 0.3) is 33.1 Å². The number of benzene rings is 3. The smallest absolute Gasteiger partial charge is 0.340 e. The summed E-state index contributed by atoms with van der Waals surface area (Å²) < 4.78 is 22.2. The van der Waals surface area contributed by atoms with Crippen LogP contribution in [-0.2, 0) is 17.8 Å². The Morgan fingerprint density at radius 1 is 0.865 bits per heavy atom. The van der Waals surface area contributed by atoms with Gasteiger partial charge in [-0.25, -0.2) is 4.79 Å². The number of ether oxygens (including phenoxy) is 2. The van der Waals surface area contributed by atoms with Gasteiger partial charge in [-0.1, -0.05) is 36.4 Å². The van der Waals surface area contributed by atoms with Crippen LogP contribution in [-0.4, -0.2) is 20.1 Å². The number of hydrogen-bond acceptors (Lipinski definition) is 6. The Kier molecular flexibility index (Phi) is 6.44. The number of furan rings is 1. The van der Waals surface area contributed by atoms with E-state index >= 15 is 0 Å². The molecule has 5 aromatic rings. The van der Waals surface area contributed by atoms with Crippen molar-refractivity contribution < 1.29 is 23.1 Å². The van der Waals surface area contributed by atoms with Gasteiger partial charge in [-0.2, -0.15) is 0 Å². The molecule has 2 heterocycles. The molecule has 0 saturated heterocycles. The van der Waals surface area contributed by atoms with E-state index in [-0.39, 0.29) is 18.9 Å². The van der Waals surface area contributed by atoms with Gasteiger partial charge in [-0.3, -0.25) is 4.79 Å². The van der Waals surface area contributed by atoms with Crippen LogP contribution in [0.2, 0.25) is 0 Å². The number of hydrogen-bond donors (Lipinski definition) is 1. The molecule has 37 heavy (non-hydrogen) atoms. The maximum Gasteiger partial charge on any atom is 0.340 e. The summed E-state index contributed by atoms with van der Waals surface area (Å²) in [7, 11) is 3.13. The third-order valence-corrected chi connectivity index (χ3v) is 6.61. The van der Waals surface area contributed by atoms with E-state index in [0.29, 0.717) is 33.8 Å². The van der Waals surface area contributed by atoms with Gasteiger partial charge in [0.05, 0.1) is 26.2 Å². The van der Waals surface area contributed by atoms with Gasteiger partial charge in [0.25, 0.3) is 0 Å². The summed E-state index contributed by atoms with van der Waals surface area (Å²) in [5.74, 6) is 1.69. The van der Waals surface area contributed by atoms with Crippen molar-refractivity contribution in [2.45, 2.75) is 26.8 Å². The highest BCUT2D eigenvalue weighted by molar-refractivity contribution is 6.03. The van der Waals surface area contributed by atoms with Gasteiger partial charge < -0.3 is 23.6 Å². The van der Waals surface area contributed by atoms with E-state index in [4.69, 9.17) is 18.3 Å². The molecule has 1 amide bonds. The summed E-state index contributed by atoms with van der Waals surface area (Å²) in [6, 6.07) is 19.2.